The van der Waals surface area contributed by atoms with E-state index in [1.165, 1.54) is 7.11 Å². The Morgan fingerprint density at radius 2 is 1.98 bits per heavy atom. The predicted molar refractivity (Wildman–Crippen MR) is 208 cm³/mol. The van der Waals surface area contributed by atoms with Crippen molar-refractivity contribution in [3.05, 3.63) is 67.9 Å². The molecule has 5 unspecified atom stereocenters. The lowest BCUT2D eigenvalue weighted by Gasteiger charge is -2.46. The van der Waals surface area contributed by atoms with E-state index in [0.717, 1.165) is 60.5 Å². The van der Waals surface area contributed by atoms with E-state index in [1.807, 2.05) is 31.2 Å². The molecule has 5 aliphatic rings. The molecule has 4 heterocycles. The van der Waals surface area contributed by atoms with E-state index >= 15 is 0 Å². The van der Waals surface area contributed by atoms with Crippen molar-refractivity contribution in [2.75, 3.05) is 47.1 Å². The van der Waals surface area contributed by atoms with Crippen molar-refractivity contribution < 1.29 is 48.3 Å². The number of benzene rings is 2. The van der Waals surface area contributed by atoms with Gasteiger partial charge in [0.2, 0.25) is 5.76 Å². The van der Waals surface area contributed by atoms with Crippen LogP contribution < -0.4 is 24.8 Å². The second kappa shape index (κ2) is 16.6. The van der Waals surface area contributed by atoms with Crippen molar-refractivity contribution in [2.24, 2.45) is 10.9 Å². The SMILES string of the molecule is CCOC(=O)C1=C(C=O)C(=C2CCC(=O)C(c3ccc4c(c3)=CCN=4)C2)c2c(OC)c3c(c(CO)c2O1)OC(C(C)(O)C1CCN(CCCOC)C(CC)C1)C3. The minimum atomic E-state index is -1.24. The zero-order chi connectivity index (χ0) is 39.7. The molecule has 4 aliphatic heterocycles. The van der Waals surface area contributed by atoms with Crippen LogP contribution in [0.25, 0.3) is 11.6 Å². The van der Waals surface area contributed by atoms with Crippen molar-refractivity contribution in [3.63, 3.8) is 0 Å². The summed E-state index contributed by atoms with van der Waals surface area (Å²) in [6.45, 7) is 8.30. The summed E-state index contributed by atoms with van der Waals surface area (Å²) in [6.07, 6.45) is 6.59. The van der Waals surface area contributed by atoms with Crippen LogP contribution in [-0.4, -0.2) is 98.0 Å². The largest absolute Gasteiger partial charge is 0.496 e. The normalized spacial score (nSPS) is 25.5. The van der Waals surface area contributed by atoms with E-state index < -0.39 is 30.2 Å². The highest BCUT2D eigenvalue weighted by molar-refractivity contribution is 6.11. The number of nitrogens with zero attached hydrogens (tertiary/aromatic N) is 2. The monoisotopic (exact) mass is 770 g/mol. The number of carbonyl (C=O) groups is 3. The second-order valence-electron chi connectivity index (χ2n) is 15.6. The van der Waals surface area contributed by atoms with E-state index in [1.54, 1.807) is 14.0 Å². The molecular formula is C44H54N2O10. The first-order valence-corrected chi connectivity index (χ1v) is 20.0. The molecule has 56 heavy (non-hydrogen) atoms. The van der Waals surface area contributed by atoms with Crippen LogP contribution in [0, 0.1) is 5.92 Å². The molecule has 12 heteroatoms. The molecule has 1 aliphatic carbocycles. The van der Waals surface area contributed by atoms with Gasteiger partial charge in [-0.05, 0) is 87.7 Å². The molecule has 5 atom stereocenters. The molecule has 300 valence electrons. The van der Waals surface area contributed by atoms with Crippen LogP contribution in [0.2, 0.25) is 0 Å². The number of rotatable bonds is 13. The maximum absolute atomic E-state index is 13.6. The predicted octanol–water partition coefficient (Wildman–Crippen LogP) is 3.88. The molecule has 0 bridgehead atoms. The lowest BCUT2D eigenvalue weighted by molar-refractivity contribution is -0.141. The van der Waals surface area contributed by atoms with Gasteiger partial charge in [0.05, 0.1) is 48.9 Å². The molecule has 2 aromatic rings. The Hall–Kier alpha value is -4.36. The third kappa shape index (κ3) is 7.10. The summed E-state index contributed by atoms with van der Waals surface area (Å²) >= 11 is 0. The van der Waals surface area contributed by atoms with E-state index in [4.69, 9.17) is 23.7 Å². The Balaban J connectivity index is 1.31. The Morgan fingerprint density at radius 3 is 2.70 bits per heavy atom. The Labute approximate surface area is 327 Å². The smallest absolute Gasteiger partial charge is 0.375 e. The van der Waals surface area contributed by atoms with E-state index in [0.29, 0.717) is 66.5 Å². The number of carbonyl (C=O) groups excluding carboxylic acids is 3. The fourth-order valence-electron chi connectivity index (χ4n) is 9.56. The number of piperidine rings is 1. The Bertz CT molecular complexity index is 2080. The van der Waals surface area contributed by atoms with Crippen LogP contribution >= 0.6 is 0 Å². The average Bonchev–Trinajstić information content (AvgIpc) is 3.88. The summed E-state index contributed by atoms with van der Waals surface area (Å²) in [5.41, 5.74) is 2.14. The van der Waals surface area contributed by atoms with E-state index in [2.05, 4.69) is 16.8 Å². The lowest BCUT2D eigenvalue weighted by Crippen LogP contribution is -2.54. The number of allylic oxidation sites excluding steroid dienone is 3. The number of methoxy groups -OCH3 is 2. The number of fused-ring (bicyclic) bond motifs is 3. The zero-order valence-electron chi connectivity index (χ0n) is 33.2. The summed E-state index contributed by atoms with van der Waals surface area (Å²) in [6, 6.07) is 6.19. The number of hydrogen-bond acceptors (Lipinski definition) is 12. The molecule has 0 spiro atoms. The molecule has 1 saturated heterocycles. The molecule has 2 N–H and O–H groups in total. The number of aliphatic hydroxyl groups is 2. The number of aliphatic hydroxyl groups excluding tert-OH is 1. The molecule has 2 aromatic carbocycles. The number of hydrogen-bond donors (Lipinski definition) is 2. The standard InChI is InChI=1S/C44H54N2O10/c1-6-29-21-28(14-17-46(29)16-8-18-52-4)44(3,51)36-22-31-39(55-36)33(24-48)41-38(40(31)53-5)37(32(23-47)42(56-41)43(50)54-7-2)27-10-12-35(49)30(20-27)25-9-11-34-26(19-25)13-15-45-34/h9,11,13,19,23,28-30,36,48,51H,6-8,10,12,14-18,20-22,24H2,1-5H3. The molecule has 1 saturated carbocycles. The zero-order valence-corrected chi connectivity index (χ0v) is 33.2. The van der Waals surface area contributed by atoms with E-state index in [-0.39, 0.29) is 53.8 Å². The Kier molecular flexibility index (Phi) is 11.8. The molecule has 0 aromatic heterocycles. The molecule has 2 fully saturated rings. The fourth-order valence-corrected chi connectivity index (χ4v) is 9.56. The highest BCUT2D eigenvalue weighted by atomic mass is 16.6. The highest BCUT2D eigenvalue weighted by Gasteiger charge is 2.50. The van der Waals surface area contributed by atoms with Crippen molar-refractivity contribution >= 4 is 29.7 Å². The van der Waals surface area contributed by atoms with Crippen molar-refractivity contribution in [1.82, 2.24) is 4.90 Å². The first-order chi connectivity index (χ1) is 27.1. The summed E-state index contributed by atoms with van der Waals surface area (Å²) in [5, 5.41) is 25.3. The summed E-state index contributed by atoms with van der Waals surface area (Å²) in [4.78, 5) is 47.3. The van der Waals surface area contributed by atoms with Gasteiger partial charge in [0.25, 0.3) is 0 Å². The van der Waals surface area contributed by atoms with Crippen molar-refractivity contribution in [3.8, 4) is 17.2 Å². The van der Waals surface area contributed by atoms with Crippen molar-refractivity contribution in [2.45, 2.75) is 102 Å². The maximum Gasteiger partial charge on any atom is 0.375 e. The van der Waals surface area contributed by atoms with Gasteiger partial charge in [-0.1, -0.05) is 24.6 Å². The number of likely N-dealkylation sites (tertiary alicyclic amines) is 1. The van der Waals surface area contributed by atoms with Gasteiger partial charge in [-0.25, -0.2) is 4.79 Å². The minimum absolute atomic E-state index is 0.00685. The van der Waals surface area contributed by atoms with Gasteiger partial charge in [-0.2, -0.15) is 0 Å². The van der Waals surface area contributed by atoms with Crippen LogP contribution in [0.3, 0.4) is 0 Å². The first kappa shape index (κ1) is 39.9. The van der Waals surface area contributed by atoms with Crippen molar-refractivity contribution in [1.29, 1.82) is 0 Å². The third-order valence-electron chi connectivity index (χ3n) is 12.6. The molecule has 7 rings (SSSR count). The van der Waals surface area contributed by atoms with Crippen LogP contribution in [0.4, 0.5) is 0 Å². The minimum Gasteiger partial charge on any atom is -0.496 e. The second-order valence-corrected chi connectivity index (χ2v) is 15.6. The number of aldehydes is 1. The summed E-state index contributed by atoms with van der Waals surface area (Å²) in [7, 11) is 3.24. The van der Waals surface area contributed by atoms with Gasteiger partial charge < -0.3 is 38.8 Å². The third-order valence-corrected chi connectivity index (χ3v) is 12.6. The molecular weight excluding hydrogens is 716 g/mol. The lowest BCUT2D eigenvalue weighted by atomic mass is 9.74. The van der Waals surface area contributed by atoms with Crippen LogP contribution in [0.1, 0.15) is 93.9 Å². The highest BCUT2D eigenvalue weighted by Crippen LogP contribution is 2.57. The van der Waals surface area contributed by atoms with Gasteiger partial charge >= 0.3 is 5.97 Å². The van der Waals surface area contributed by atoms with Gasteiger partial charge in [-0.3, -0.25) is 14.6 Å². The molecule has 12 nitrogen and oxygen atoms in total. The quantitative estimate of drug-likeness (QED) is 0.173. The van der Waals surface area contributed by atoms with Gasteiger partial charge in [0.15, 0.2) is 6.29 Å². The Morgan fingerprint density at radius 1 is 1.16 bits per heavy atom. The van der Waals surface area contributed by atoms with Gasteiger partial charge in [0.1, 0.15) is 34.7 Å². The van der Waals surface area contributed by atoms with Crippen LogP contribution in [0.5, 0.6) is 17.2 Å². The van der Waals surface area contributed by atoms with Crippen LogP contribution in [-0.2, 0) is 36.9 Å². The maximum atomic E-state index is 13.6. The number of esters is 1. The molecule has 0 radical (unpaired) electrons. The van der Waals surface area contributed by atoms with Crippen LogP contribution in [0.15, 0.2) is 40.1 Å². The summed E-state index contributed by atoms with van der Waals surface area (Å²) < 4.78 is 29.8. The topological polar surface area (TPSA) is 153 Å². The number of ketones is 1. The number of ether oxygens (including phenoxy) is 5. The van der Waals surface area contributed by atoms with E-state index in [9.17, 15) is 24.6 Å². The fraction of sp³-hybridized carbons (Fsp3) is 0.545. The average molecular weight is 771 g/mol. The first-order valence-electron chi connectivity index (χ1n) is 20.0. The van der Waals surface area contributed by atoms with Gasteiger partial charge in [-0.15, -0.1) is 0 Å². The number of Topliss-reactive ketones (excluding diaryl/α,β-unsaturated/α-hetero) is 1. The van der Waals surface area contributed by atoms with Gasteiger partial charge in [0, 0.05) is 56.2 Å². The summed E-state index contributed by atoms with van der Waals surface area (Å²) in [5.74, 6) is -0.775. The molecule has 0 amide bonds.